The van der Waals surface area contributed by atoms with Crippen molar-refractivity contribution < 1.29 is 9.90 Å². The van der Waals surface area contributed by atoms with E-state index in [1.54, 1.807) is 0 Å². The number of aliphatic hydroxyl groups is 1. The number of halogens is 1. The molecule has 4 heteroatoms. The van der Waals surface area contributed by atoms with Crippen molar-refractivity contribution in [3.8, 4) is 0 Å². The molecule has 0 aliphatic heterocycles. The van der Waals surface area contributed by atoms with Gasteiger partial charge in [0.15, 0.2) is 0 Å². The molecule has 1 fully saturated rings. The molecule has 3 nitrogen and oxygen atoms in total. The number of aliphatic hydroxyl groups excluding tert-OH is 1. The van der Waals surface area contributed by atoms with Crippen LogP contribution in [0.25, 0.3) is 0 Å². The minimum atomic E-state index is -0.227. The maximum atomic E-state index is 11.5. The van der Waals surface area contributed by atoms with Crippen LogP contribution in [0.2, 0.25) is 0 Å². The van der Waals surface area contributed by atoms with E-state index in [2.05, 4.69) is 21.2 Å². The van der Waals surface area contributed by atoms with Crippen molar-refractivity contribution in [1.29, 1.82) is 0 Å². The van der Waals surface area contributed by atoms with E-state index < -0.39 is 0 Å². The predicted molar refractivity (Wildman–Crippen MR) is 64.0 cm³/mol. The molecule has 15 heavy (non-hydrogen) atoms. The van der Waals surface area contributed by atoms with Crippen LogP contribution in [0.4, 0.5) is 0 Å². The summed E-state index contributed by atoms with van der Waals surface area (Å²) in [6.07, 6.45) is 4.76. The highest BCUT2D eigenvalue weighted by atomic mass is 79.9. The van der Waals surface area contributed by atoms with Crippen molar-refractivity contribution in [3.05, 3.63) is 0 Å². The lowest BCUT2D eigenvalue weighted by atomic mass is 9.86. The number of hydrogen-bond acceptors (Lipinski definition) is 2. The van der Waals surface area contributed by atoms with Gasteiger partial charge >= 0.3 is 0 Å². The third kappa shape index (κ3) is 4.11. The number of carbonyl (C=O) groups is 1. The van der Waals surface area contributed by atoms with Crippen LogP contribution in [-0.2, 0) is 4.79 Å². The van der Waals surface area contributed by atoms with Crippen LogP contribution in [0.1, 0.15) is 39.0 Å². The van der Waals surface area contributed by atoms with Gasteiger partial charge in [0, 0.05) is 12.5 Å². The zero-order valence-electron chi connectivity index (χ0n) is 9.21. The van der Waals surface area contributed by atoms with Crippen molar-refractivity contribution in [3.63, 3.8) is 0 Å². The Labute approximate surface area is 99.8 Å². The Morgan fingerprint density at radius 3 is 2.80 bits per heavy atom. The molecule has 1 aliphatic carbocycles. The molecule has 3 unspecified atom stereocenters. The van der Waals surface area contributed by atoms with Crippen molar-refractivity contribution in [2.45, 2.75) is 50.0 Å². The molecule has 1 amide bonds. The zero-order valence-corrected chi connectivity index (χ0v) is 10.8. The van der Waals surface area contributed by atoms with Gasteiger partial charge in [-0.1, -0.05) is 35.7 Å². The highest BCUT2D eigenvalue weighted by Gasteiger charge is 2.24. The molecule has 0 spiro atoms. The Morgan fingerprint density at radius 1 is 1.53 bits per heavy atom. The fourth-order valence-electron chi connectivity index (χ4n) is 1.95. The van der Waals surface area contributed by atoms with Crippen LogP contribution in [-0.4, -0.2) is 28.5 Å². The molecule has 0 aromatic carbocycles. The van der Waals surface area contributed by atoms with Crippen molar-refractivity contribution in [2.24, 2.45) is 5.92 Å². The Balaban J connectivity index is 2.26. The summed E-state index contributed by atoms with van der Waals surface area (Å²) < 4.78 is 0. The number of amides is 1. The van der Waals surface area contributed by atoms with E-state index in [1.807, 2.05) is 6.92 Å². The second-order valence-corrected chi connectivity index (χ2v) is 5.34. The van der Waals surface area contributed by atoms with Crippen molar-refractivity contribution >= 4 is 21.8 Å². The second-order valence-electron chi connectivity index (χ2n) is 4.23. The highest BCUT2D eigenvalue weighted by Crippen LogP contribution is 2.23. The molecule has 1 rings (SSSR count). The van der Waals surface area contributed by atoms with Gasteiger partial charge < -0.3 is 10.4 Å². The van der Waals surface area contributed by atoms with Gasteiger partial charge in [-0.15, -0.1) is 0 Å². The third-order valence-corrected chi connectivity index (χ3v) is 4.11. The Hall–Kier alpha value is -0.0900. The number of alkyl halides is 1. The van der Waals surface area contributed by atoms with E-state index in [9.17, 15) is 9.90 Å². The first kappa shape index (κ1) is 13.0. The van der Waals surface area contributed by atoms with Crippen molar-refractivity contribution in [1.82, 2.24) is 5.32 Å². The fraction of sp³-hybridized carbons (Fsp3) is 0.909. The molecular formula is C11H20BrNO2. The van der Waals surface area contributed by atoms with Gasteiger partial charge in [0.25, 0.3) is 0 Å². The first-order valence-electron chi connectivity index (χ1n) is 5.75. The van der Waals surface area contributed by atoms with Crippen LogP contribution in [0, 0.1) is 5.92 Å². The molecule has 0 radical (unpaired) electrons. The van der Waals surface area contributed by atoms with Gasteiger partial charge in [0.1, 0.15) is 0 Å². The number of carbonyl (C=O) groups excluding carboxylic acids is 1. The van der Waals surface area contributed by atoms with Crippen LogP contribution in [0.5, 0.6) is 0 Å². The van der Waals surface area contributed by atoms with Crippen LogP contribution in [0.3, 0.4) is 0 Å². The number of hydrogen-bond donors (Lipinski definition) is 2. The topological polar surface area (TPSA) is 49.3 Å². The minimum Gasteiger partial charge on any atom is -0.393 e. The molecular weight excluding hydrogens is 258 g/mol. The van der Waals surface area contributed by atoms with E-state index in [0.717, 1.165) is 25.7 Å². The van der Waals surface area contributed by atoms with Crippen LogP contribution >= 0.6 is 15.9 Å². The lowest BCUT2D eigenvalue weighted by Gasteiger charge is -2.27. The van der Waals surface area contributed by atoms with Gasteiger partial charge in [-0.05, 0) is 19.3 Å². The average Bonchev–Trinajstić information content (AvgIpc) is 2.26. The van der Waals surface area contributed by atoms with Gasteiger partial charge in [-0.25, -0.2) is 0 Å². The predicted octanol–water partition coefficient (Wildman–Crippen LogP) is 1.83. The Kier molecular flexibility index (Phi) is 5.61. The van der Waals surface area contributed by atoms with Gasteiger partial charge in [-0.2, -0.15) is 0 Å². The molecule has 3 atom stereocenters. The summed E-state index contributed by atoms with van der Waals surface area (Å²) in [5, 5.41) is 12.6. The van der Waals surface area contributed by atoms with E-state index in [1.165, 1.54) is 6.42 Å². The molecule has 0 saturated heterocycles. The van der Waals surface area contributed by atoms with Crippen LogP contribution in [0.15, 0.2) is 0 Å². The third-order valence-electron chi connectivity index (χ3n) is 3.05. The molecule has 1 saturated carbocycles. The summed E-state index contributed by atoms with van der Waals surface area (Å²) in [7, 11) is 0. The maximum Gasteiger partial charge on any atom is 0.233 e. The summed E-state index contributed by atoms with van der Waals surface area (Å²) in [4.78, 5) is 11.4. The normalized spacial score (nSPS) is 28.5. The summed E-state index contributed by atoms with van der Waals surface area (Å²) in [6, 6.07) is 0. The van der Waals surface area contributed by atoms with Gasteiger partial charge in [0.05, 0.1) is 10.9 Å². The summed E-state index contributed by atoms with van der Waals surface area (Å²) in [5.74, 6) is 0.287. The van der Waals surface area contributed by atoms with E-state index in [-0.39, 0.29) is 22.8 Å². The lowest BCUT2D eigenvalue weighted by Crippen LogP contribution is -2.39. The van der Waals surface area contributed by atoms with Crippen molar-refractivity contribution in [2.75, 3.05) is 6.54 Å². The molecule has 88 valence electrons. The largest absolute Gasteiger partial charge is 0.393 e. The van der Waals surface area contributed by atoms with Gasteiger partial charge in [0.2, 0.25) is 5.91 Å². The minimum absolute atomic E-state index is 0.0373. The highest BCUT2D eigenvalue weighted by molar-refractivity contribution is 9.10. The number of nitrogens with one attached hydrogen (secondary N) is 1. The van der Waals surface area contributed by atoms with E-state index >= 15 is 0 Å². The first-order valence-corrected chi connectivity index (χ1v) is 6.66. The van der Waals surface area contributed by atoms with Crippen LogP contribution < -0.4 is 5.32 Å². The number of rotatable bonds is 4. The quantitative estimate of drug-likeness (QED) is 0.771. The molecule has 1 aliphatic rings. The molecule has 0 heterocycles. The SMILES string of the molecule is CCC(Br)C(=O)NCC1CCCCC1O. The smallest absolute Gasteiger partial charge is 0.233 e. The summed E-state index contributed by atoms with van der Waals surface area (Å²) >= 11 is 3.31. The Bertz CT molecular complexity index is 211. The van der Waals surface area contributed by atoms with Gasteiger partial charge in [-0.3, -0.25) is 4.79 Å². The monoisotopic (exact) mass is 277 g/mol. The molecule has 2 N–H and O–H groups in total. The average molecular weight is 278 g/mol. The second kappa shape index (κ2) is 6.48. The molecule has 0 aromatic heterocycles. The Morgan fingerprint density at radius 2 is 2.20 bits per heavy atom. The molecule has 0 aromatic rings. The lowest BCUT2D eigenvalue weighted by molar-refractivity contribution is -0.120. The van der Waals surface area contributed by atoms with E-state index in [0.29, 0.717) is 6.54 Å². The first-order chi connectivity index (χ1) is 7.15. The standard InChI is InChI=1S/C11H20BrNO2/c1-2-9(12)11(15)13-7-8-5-3-4-6-10(8)14/h8-10,14H,2-7H2,1H3,(H,13,15). The zero-order chi connectivity index (χ0) is 11.3. The van der Waals surface area contributed by atoms with E-state index in [4.69, 9.17) is 0 Å². The summed E-state index contributed by atoms with van der Waals surface area (Å²) in [6.45, 7) is 2.58. The molecule has 0 bridgehead atoms. The maximum absolute atomic E-state index is 11.5. The summed E-state index contributed by atoms with van der Waals surface area (Å²) in [5.41, 5.74) is 0. The fourth-order valence-corrected chi connectivity index (χ4v) is 2.12.